The Morgan fingerprint density at radius 1 is 1.33 bits per heavy atom. The lowest BCUT2D eigenvalue weighted by Crippen LogP contribution is -2.38. The summed E-state index contributed by atoms with van der Waals surface area (Å²) in [5.41, 5.74) is 0.967. The van der Waals surface area contributed by atoms with Gasteiger partial charge < -0.3 is 4.90 Å². The van der Waals surface area contributed by atoms with Crippen LogP contribution in [0.1, 0.15) is 32.5 Å². The number of aromatic nitrogens is 4. The summed E-state index contributed by atoms with van der Waals surface area (Å²) in [5, 5.41) is 7.39. The molecule has 2 aromatic rings. The van der Waals surface area contributed by atoms with Crippen LogP contribution in [0, 0.1) is 5.92 Å². The number of hydrogen-bond donors (Lipinski definition) is 1. The lowest BCUT2D eigenvalue weighted by atomic mass is 9.93. The molecule has 1 saturated heterocycles. The molecule has 1 aliphatic heterocycles. The normalized spacial score (nSPS) is 17.5. The lowest BCUT2D eigenvalue weighted by Gasteiger charge is -2.34. The summed E-state index contributed by atoms with van der Waals surface area (Å²) in [7, 11) is 0. The number of pyridine rings is 1. The zero-order valence-electron chi connectivity index (χ0n) is 12.8. The van der Waals surface area contributed by atoms with Crippen LogP contribution in [0.4, 0.5) is 0 Å². The SMILES string of the molecule is CC(C)N1CCC(Cc2nc(-c3cccnc3)n[nH]2)CC1. The van der Waals surface area contributed by atoms with E-state index in [1.54, 1.807) is 12.4 Å². The molecular formula is C16H23N5. The Kier molecular flexibility index (Phi) is 4.29. The predicted octanol–water partition coefficient (Wildman–Crippen LogP) is 2.53. The molecular weight excluding hydrogens is 262 g/mol. The van der Waals surface area contributed by atoms with Crippen molar-refractivity contribution >= 4 is 0 Å². The molecule has 0 saturated carbocycles. The van der Waals surface area contributed by atoms with Crippen LogP contribution in [-0.2, 0) is 6.42 Å². The van der Waals surface area contributed by atoms with Crippen molar-refractivity contribution in [1.29, 1.82) is 0 Å². The van der Waals surface area contributed by atoms with Crippen LogP contribution < -0.4 is 0 Å². The van der Waals surface area contributed by atoms with E-state index in [1.807, 2.05) is 12.1 Å². The Hall–Kier alpha value is -1.75. The van der Waals surface area contributed by atoms with Crippen molar-refractivity contribution in [1.82, 2.24) is 25.1 Å². The molecule has 112 valence electrons. The highest BCUT2D eigenvalue weighted by Gasteiger charge is 2.22. The van der Waals surface area contributed by atoms with Crippen molar-refractivity contribution in [2.75, 3.05) is 13.1 Å². The maximum atomic E-state index is 4.61. The van der Waals surface area contributed by atoms with Gasteiger partial charge in [0.05, 0.1) is 0 Å². The minimum absolute atomic E-state index is 0.661. The third-order valence-corrected chi connectivity index (χ3v) is 4.31. The van der Waals surface area contributed by atoms with Gasteiger partial charge >= 0.3 is 0 Å². The van der Waals surface area contributed by atoms with Crippen LogP contribution >= 0.6 is 0 Å². The molecule has 0 amide bonds. The summed E-state index contributed by atoms with van der Waals surface area (Å²) >= 11 is 0. The topological polar surface area (TPSA) is 57.7 Å². The van der Waals surface area contributed by atoms with Crippen LogP contribution in [-0.4, -0.2) is 44.2 Å². The fourth-order valence-corrected chi connectivity index (χ4v) is 2.96. The monoisotopic (exact) mass is 285 g/mol. The summed E-state index contributed by atoms with van der Waals surface area (Å²) < 4.78 is 0. The van der Waals surface area contributed by atoms with Crippen LogP contribution in [0.2, 0.25) is 0 Å². The van der Waals surface area contributed by atoms with E-state index in [0.29, 0.717) is 6.04 Å². The molecule has 0 spiro atoms. The van der Waals surface area contributed by atoms with E-state index in [4.69, 9.17) is 0 Å². The summed E-state index contributed by atoms with van der Waals surface area (Å²) in [6.45, 7) is 6.95. The Labute approximate surface area is 125 Å². The average Bonchev–Trinajstić information content (AvgIpc) is 2.97. The Morgan fingerprint density at radius 2 is 2.14 bits per heavy atom. The molecule has 0 aliphatic carbocycles. The zero-order valence-corrected chi connectivity index (χ0v) is 12.8. The van der Waals surface area contributed by atoms with Gasteiger partial charge in [-0.05, 0) is 57.8 Å². The molecule has 2 aromatic heterocycles. The third kappa shape index (κ3) is 3.47. The van der Waals surface area contributed by atoms with Crippen LogP contribution in [0.5, 0.6) is 0 Å². The van der Waals surface area contributed by atoms with Gasteiger partial charge in [-0.25, -0.2) is 4.98 Å². The predicted molar refractivity (Wildman–Crippen MR) is 82.8 cm³/mol. The first-order valence-electron chi connectivity index (χ1n) is 7.78. The average molecular weight is 285 g/mol. The summed E-state index contributed by atoms with van der Waals surface area (Å²) in [6, 6.07) is 4.56. The maximum absolute atomic E-state index is 4.61. The van der Waals surface area contributed by atoms with Crippen molar-refractivity contribution in [2.45, 2.75) is 39.2 Å². The first kappa shape index (κ1) is 14.2. The number of nitrogens with one attached hydrogen (secondary N) is 1. The molecule has 5 heteroatoms. The number of hydrogen-bond acceptors (Lipinski definition) is 4. The molecule has 3 rings (SSSR count). The second-order valence-corrected chi connectivity index (χ2v) is 6.12. The maximum Gasteiger partial charge on any atom is 0.182 e. The van der Waals surface area contributed by atoms with Gasteiger partial charge in [-0.15, -0.1) is 0 Å². The molecule has 1 aliphatic rings. The molecule has 21 heavy (non-hydrogen) atoms. The quantitative estimate of drug-likeness (QED) is 0.938. The molecule has 0 atom stereocenters. The van der Waals surface area contributed by atoms with Gasteiger partial charge in [0, 0.05) is 30.4 Å². The molecule has 3 heterocycles. The minimum atomic E-state index is 0.661. The van der Waals surface area contributed by atoms with Gasteiger partial charge in [0.2, 0.25) is 0 Å². The zero-order chi connectivity index (χ0) is 14.7. The fraction of sp³-hybridized carbons (Fsp3) is 0.562. The van der Waals surface area contributed by atoms with E-state index in [1.165, 1.54) is 25.9 Å². The molecule has 0 bridgehead atoms. The smallest absolute Gasteiger partial charge is 0.182 e. The fourth-order valence-electron chi connectivity index (χ4n) is 2.96. The summed E-state index contributed by atoms with van der Waals surface area (Å²) in [6.07, 6.45) is 7.06. The Bertz CT molecular complexity index is 555. The van der Waals surface area contributed by atoms with Crippen LogP contribution in [0.3, 0.4) is 0 Å². The standard InChI is InChI=1S/C16H23N5/c1-12(2)21-8-5-13(6-9-21)10-15-18-16(20-19-15)14-4-3-7-17-11-14/h3-4,7,11-13H,5-6,8-10H2,1-2H3,(H,18,19,20). The van der Waals surface area contributed by atoms with Crippen molar-refractivity contribution < 1.29 is 0 Å². The highest BCUT2D eigenvalue weighted by molar-refractivity contribution is 5.52. The van der Waals surface area contributed by atoms with Gasteiger partial charge in [-0.2, -0.15) is 5.10 Å². The van der Waals surface area contributed by atoms with E-state index in [0.717, 1.165) is 29.6 Å². The van der Waals surface area contributed by atoms with E-state index >= 15 is 0 Å². The van der Waals surface area contributed by atoms with Crippen LogP contribution in [0.25, 0.3) is 11.4 Å². The van der Waals surface area contributed by atoms with Gasteiger partial charge in [0.15, 0.2) is 5.82 Å². The lowest BCUT2D eigenvalue weighted by molar-refractivity contribution is 0.148. The van der Waals surface area contributed by atoms with Crippen LogP contribution in [0.15, 0.2) is 24.5 Å². The minimum Gasteiger partial charge on any atom is -0.301 e. The molecule has 5 nitrogen and oxygen atoms in total. The highest BCUT2D eigenvalue weighted by atomic mass is 15.2. The number of piperidine rings is 1. The Morgan fingerprint density at radius 3 is 2.81 bits per heavy atom. The summed E-state index contributed by atoms with van der Waals surface area (Å²) in [4.78, 5) is 11.3. The molecule has 0 unspecified atom stereocenters. The van der Waals surface area contributed by atoms with Crippen molar-refractivity contribution in [3.05, 3.63) is 30.4 Å². The van der Waals surface area contributed by atoms with E-state index < -0.39 is 0 Å². The Balaban J connectivity index is 1.59. The van der Waals surface area contributed by atoms with Gasteiger partial charge in [-0.3, -0.25) is 10.1 Å². The van der Waals surface area contributed by atoms with Gasteiger partial charge in [0.25, 0.3) is 0 Å². The largest absolute Gasteiger partial charge is 0.301 e. The van der Waals surface area contributed by atoms with E-state index in [2.05, 4.69) is 38.9 Å². The second kappa shape index (κ2) is 6.35. The highest BCUT2D eigenvalue weighted by Crippen LogP contribution is 2.22. The molecule has 1 N–H and O–H groups in total. The molecule has 1 fully saturated rings. The molecule has 0 aromatic carbocycles. The number of nitrogens with zero attached hydrogens (tertiary/aromatic N) is 4. The number of aromatic amines is 1. The van der Waals surface area contributed by atoms with Crippen molar-refractivity contribution in [3.63, 3.8) is 0 Å². The number of rotatable bonds is 4. The van der Waals surface area contributed by atoms with Gasteiger partial charge in [0.1, 0.15) is 5.82 Å². The molecule has 0 radical (unpaired) electrons. The number of H-pyrrole nitrogens is 1. The first-order valence-corrected chi connectivity index (χ1v) is 7.78. The van der Waals surface area contributed by atoms with E-state index in [9.17, 15) is 0 Å². The first-order chi connectivity index (χ1) is 10.2. The summed E-state index contributed by atoms with van der Waals surface area (Å²) in [5.74, 6) is 2.46. The van der Waals surface area contributed by atoms with Crippen molar-refractivity contribution in [2.24, 2.45) is 5.92 Å². The second-order valence-electron chi connectivity index (χ2n) is 6.12. The number of likely N-dealkylation sites (tertiary alicyclic amines) is 1. The third-order valence-electron chi connectivity index (χ3n) is 4.31. The van der Waals surface area contributed by atoms with Gasteiger partial charge in [-0.1, -0.05) is 0 Å². The van der Waals surface area contributed by atoms with Crippen molar-refractivity contribution in [3.8, 4) is 11.4 Å². The van der Waals surface area contributed by atoms with E-state index in [-0.39, 0.29) is 0 Å².